The third kappa shape index (κ3) is 5.36. The molecule has 0 N–H and O–H groups in total. The molecule has 0 aliphatic heterocycles. The van der Waals surface area contributed by atoms with Crippen molar-refractivity contribution in [2.75, 3.05) is 0 Å². The fourth-order valence-electron chi connectivity index (χ4n) is 8.20. The minimum Gasteiger partial charge on any atom is -0.456 e. The smallest absolute Gasteiger partial charge is 0.160 e. The molecule has 0 saturated carbocycles. The van der Waals surface area contributed by atoms with Gasteiger partial charge in [-0.05, 0) is 103 Å². The molecule has 0 amide bonds. The molecule has 0 aliphatic carbocycles. The van der Waals surface area contributed by atoms with Crippen molar-refractivity contribution in [3.8, 4) is 56.2 Å². The summed E-state index contributed by atoms with van der Waals surface area (Å²) in [5.74, 6) is 0.689. The zero-order chi connectivity index (χ0) is 36.3. The second kappa shape index (κ2) is 12.6. The van der Waals surface area contributed by atoms with Crippen molar-refractivity contribution in [2.45, 2.75) is 0 Å². The highest BCUT2D eigenvalue weighted by atomic mass is 16.3. The van der Waals surface area contributed by atoms with Crippen LogP contribution in [0.2, 0.25) is 0 Å². The van der Waals surface area contributed by atoms with Crippen molar-refractivity contribution in [3.05, 3.63) is 194 Å². The average molecular weight is 701 g/mol. The third-order valence-corrected chi connectivity index (χ3v) is 10.8. The number of nitrogens with zero attached hydrogens (tertiary/aromatic N) is 2. The predicted molar refractivity (Wildman–Crippen MR) is 229 cm³/mol. The van der Waals surface area contributed by atoms with Crippen molar-refractivity contribution >= 4 is 54.3 Å². The van der Waals surface area contributed by atoms with Crippen molar-refractivity contribution in [2.24, 2.45) is 0 Å². The number of furan rings is 1. The number of benzene rings is 9. The third-order valence-electron chi connectivity index (χ3n) is 10.8. The van der Waals surface area contributed by atoms with E-state index >= 15 is 0 Å². The summed E-state index contributed by atoms with van der Waals surface area (Å²) in [7, 11) is 0. The van der Waals surface area contributed by atoms with Gasteiger partial charge in [0.2, 0.25) is 0 Å². The lowest BCUT2D eigenvalue weighted by molar-refractivity contribution is 0.669. The highest BCUT2D eigenvalue weighted by Crippen LogP contribution is 2.40. The maximum absolute atomic E-state index is 6.23. The molecule has 2 heterocycles. The Morgan fingerprint density at radius 3 is 1.80 bits per heavy atom. The second-order valence-corrected chi connectivity index (χ2v) is 14.2. The Morgan fingerprint density at radius 1 is 0.291 bits per heavy atom. The van der Waals surface area contributed by atoms with Crippen molar-refractivity contribution in [3.63, 3.8) is 0 Å². The number of rotatable bonds is 5. The van der Waals surface area contributed by atoms with Crippen LogP contribution in [0, 0.1) is 0 Å². The van der Waals surface area contributed by atoms with Gasteiger partial charge in [-0.3, -0.25) is 0 Å². The van der Waals surface area contributed by atoms with E-state index in [2.05, 4.69) is 164 Å². The van der Waals surface area contributed by atoms with Gasteiger partial charge in [0.05, 0.1) is 11.4 Å². The van der Waals surface area contributed by atoms with Gasteiger partial charge < -0.3 is 4.42 Å². The number of para-hydroxylation sites is 1. The van der Waals surface area contributed by atoms with E-state index in [1.165, 1.54) is 32.5 Å². The molecule has 3 nitrogen and oxygen atoms in total. The van der Waals surface area contributed by atoms with Crippen LogP contribution in [0.15, 0.2) is 199 Å². The van der Waals surface area contributed by atoms with Crippen LogP contribution in [0.5, 0.6) is 0 Å². The summed E-state index contributed by atoms with van der Waals surface area (Å²) in [6.07, 6.45) is 0. The molecule has 0 fully saturated rings. The molecule has 3 heteroatoms. The van der Waals surface area contributed by atoms with E-state index < -0.39 is 0 Å². The summed E-state index contributed by atoms with van der Waals surface area (Å²) in [6, 6.07) is 68.8. The standard InChI is InChI=1S/C52H32N2O/c1-2-14-34(15-3-1)52-53-48(32-49(54-52)46-31-36-16-5-7-19-41(36)43-20-8-9-21-44(43)46)39-28-37(27-38(29-39)42-23-12-17-33-13-4-6-18-40(33)42)35-25-26-51-47(30-35)45-22-10-11-24-50(45)55-51/h1-32H. The van der Waals surface area contributed by atoms with E-state index in [9.17, 15) is 0 Å². The number of hydrogen-bond donors (Lipinski definition) is 0. The Labute approximate surface area is 317 Å². The fraction of sp³-hybridized carbons (Fsp3) is 0. The van der Waals surface area contributed by atoms with Gasteiger partial charge in [-0.25, -0.2) is 9.97 Å². The molecule has 11 aromatic rings. The van der Waals surface area contributed by atoms with Crippen LogP contribution in [0.1, 0.15) is 0 Å². The maximum Gasteiger partial charge on any atom is 0.160 e. The van der Waals surface area contributed by atoms with Crippen LogP contribution >= 0.6 is 0 Å². The molecule has 0 saturated heterocycles. The van der Waals surface area contributed by atoms with E-state index in [-0.39, 0.29) is 0 Å². The highest BCUT2D eigenvalue weighted by Gasteiger charge is 2.17. The fourth-order valence-corrected chi connectivity index (χ4v) is 8.20. The molecule has 0 bridgehead atoms. The van der Waals surface area contributed by atoms with E-state index in [0.29, 0.717) is 5.82 Å². The van der Waals surface area contributed by atoms with Gasteiger partial charge in [-0.15, -0.1) is 0 Å². The summed E-state index contributed by atoms with van der Waals surface area (Å²) in [6.45, 7) is 0. The van der Waals surface area contributed by atoms with Gasteiger partial charge in [0.25, 0.3) is 0 Å². The maximum atomic E-state index is 6.23. The number of aromatic nitrogens is 2. The Balaban J connectivity index is 1.19. The summed E-state index contributed by atoms with van der Waals surface area (Å²) in [5.41, 5.74) is 11.1. The van der Waals surface area contributed by atoms with Crippen molar-refractivity contribution in [1.29, 1.82) is 0 Å². The summed E-state index contributed by atoms with van der Waals surface area (Å²) >= 11 is 0. The lowest BCUT2D eigenvalue weighted by Gasteiger charge is -2.15. The summed E-state index contributed by atoms with van der Waals surface area (Å²) < 4.78 is 6.23. The zero-order valence-corrected chi connectivity index (χ0v) is 29.8. The second-order valence-electron chi connectivity index (χ2n) is 14.2. The molecule has 2 aromatic heterocycles. The summed E-state index contributed by atoms with van der Waals surface area (Å²) in [5, 5.41) is 9.41. The lowest BCUT2D eigenvalue weighted by Crippen LogP contribution is -1.97. The molecule has 0 aliphatic rings. The Morgan fingerprint density at radius 2 is 0.927 bits per heavy atom. The average Bonchev–Trinajstić information content (AvgIpc) is 3.64. The van der Waals surface area contributed by atoms with Crippen LogP contribution in [-0.2, 0) is 0 Å². The lowest BCUT2D eigenvalue weighted by atomic mass is 9.91. The highest BCUT2D eigenvalue weighted by molar-refractivity contribution is 6.13. The van der Waals surface area contributed by atoms with Gasteiger partial charge in [0, 0.05) is 27.5 Å². The van der Waals surface area contributed by atoms with Crippen LogP contribution < -0.4 is 0 Å². The molecular formula is C52H32N2O. The molecule has 0 radical (unpaired) electrons. The Hall–Kier alpha value is -7.36. The molecule has 11 rings (SSSR count). The monoisotopic (exact) mass is 700 g/mol. The minimum absolute atomic E-state index is 0.689. The molecule has 0 spiro atoms. The topological polar surface area (TPSA) is 38.9 Å². The Bertz CT molecular complexity index is 3260. The largest absolute Gasteiger partial charge is 0.456 e. The molecule has 55 heavy (non-hydrogen) atoms. The van der Waals surface area contributed by atoms with Crippen molar-refractivity contribution in [1.82, 2.24) is 9.97 Å². The van der Waals surface area contributed by atoms with Crippen LogP contribution in [0.4, 0.5) is 0 Å². The van der Waals surface area contributed by atoms with Gasteiger partial charge in [0.1, 0.15) is 11.2 Å². The number of hydrogen-bond acceptors (Lipinski definition) is 3. The van der Waals surface area contributed by atoms with E-state index in [4.69, 9.17) is 14.4 Å². The van der Waals surface area contributed by atoms with Crippen LogP contribution in [-0.4, -0.2) is 9.97 Å². The molecule has 256 valence electrons. The van der Waals surface area contributed by atoms with Crippen LogP contribution in [0.25, 0.3) is 110 Å². The SMILES string of the molecule is c1ccc(-c2nc(-c3cc(-c4ccc5oc6ccccc6c5c4)cc(-c4cccc5ccccc45)c3)cc(-c3cc4ccccc4c4ccccc34)n2)cc1. The molecule has 0 unspecified atom stereocenters. The van der Waals surface area contributed by atoms with Crippen LogP contribution in [0.3, 0.4) is 0 Å². The zero-order valence-electron chi connectivity index (χ0n) is 29.8. The van der Waals surface area contributed by atoms with Gasteiger partial charge >= 0.3 is 0 Å². The first kappa shape index (κ1) is 31.2. The van der Waals surface area contributed by atoms with Gasteiger partial charge in [-0.2, -0.15) is 0 Å². The van der Waals surface area contributed by atoms with E-state index in [1.54, 1.807) is 0 Å². The van der Waals surface area contributed by atoms with Gasteiger partial charge in [-0.1, -0.05) is 146 Å². The first-order chi connectivity index (χ1) is 27.2. The summed E-state index contributed by atoms with van der Waals surface area (Å²) in [4.78, 5) is 10.6. The first-order valence-electron chi connectivity index (χ1n) is 18.6. The van der Waals surface area contributed by atoms with E-state index in [1.807, 2.05) is 30.3 Å². The molecule has 0 atom stereocenters. The minimum atomic E-state index is 0.689. The normalized spacial score (nSPS) is 11.6. The van der Waals surface area contributed by atoms with Crippen molar-refractivity contribution < 1.29 is 4.42 Å². The quantitative estimate of drug-likeness (QED) is 0.168. The van der Waals surface area contributed by atoms with Gasteiger partial charge in [0.15, 0.2) is 5.82 Å². The predicted octanol–water partition coefficient (Wildman–Crippen LogP) is 14.2. The van der Waals surface area contributed by atoms with E-state index in [0.717, 1.165) is 72.1 Å². The first-order valence-corrected chi connectivity index (χ1v) is 18.6. The molecular weight excluding hydrogens is 669 g/mol. The molecule has 9 aromatic carbocycles. The Kier molecular flexibility index (Phi) is 7.17. The number of fused-ring (bicyclic) bond motifs is 7.